The third-order valence-electron chi connectivity index (χ3n) is 3.95. The van der Waals surface area contributed by atoms with Crippen LogP contribution in [0.25, 0.3) is 0 Å². The molecule has 2 rings (SSSR count). The molecular weight excluding hydrogens is 172 g/mol. The molecule has 0 aromatic rings. The fourth-order valence-electron chi connectivity index (χ4n) is 3.00. The van der Waals surface area contributed by atoms with E-state index in [2.05, 4.69) is 17.6 Å². The molecule has 2 atom stereocenters. The van der Waals surface area contributed by atoms with Crippen LogP contribution in [0.1, 0.15) is 39.0 Å². The highest BCUT2D eigenvalue weighted by molar-refractivity contribution is 4.81. The Morgan fingerprint density at radius 3 is 2.57 bits per heavy atom. The van der Waals surface area contributed by atoms with Crippen LogP contribution >= 0.6 is 0 Å². The Kier molecular flexibility index (Phi) is 3.82. The summed E-state index contributed by atoms with van der Waals surface area (Å²) >= 11 is 0. The van der Waals surface area contributed by atoms with Crippen LogP contribution in [-0.2, 0) is 0 Å². The molecule has 2 aliphatic heterocycles. The lowest BCUT2D eigenvalue weighted by molar-refractivity contribution is 0.275. The lowest BCUT2D eigenvalue weighted by Crippen LogP contribution is -2.33. The van der Waals surface area contributed by atoms with Crippen molar-refractivity contribution in [2.45, 2.75) is 45.1 Å². The maximum Gasteiger partial charge on any atom is 0.00932 e. The van der Waals surface area contributed by atoms with E-state index in [0.717, 1.165) is 17.9 Å². The smallest absolute Gasteiger partial charge is 0.00932 e. The number of piperidine rings is 1. The average Bonchev–Trinajstić information content (AvgIpc) is 2.72. The molecule has 2 aliphatic rings. The molecule has 0 amide bonds. The van der Waals surface area contributed by atoms with E-state index in [1.807, 2.05) is 0 Å². The zero-order valence-electron chi connectivity index (χ0n) is 9.39. The highest BCUT2D eigenvalue weighted by Gasteiger charge is 2.24. The average molecular weight is 196 g/mol. The van der Waals surface area contributed by atoms with E-state index in [1.54, 1.807) is 0 Å². The number of hydrogen-bond donors (Lipinski definition) is 2. The molecule has 2 nitrogen and oxygen atoms in total. The molecule has 2 N–H and O–H groups in total. The largest absolute Gasteiger partial charge is 0.317 e. The van der Waals surface area contributed by atoms with Crippen LogP contribution in [0.5, 0.6) is 0 Å². The first-order chi connectivity index (χ1) is 6.86. The third kappa shape index (κ3) is 2.71. The maximum absolute atomic E-state index is 3.63. The van der Waals surface area contributed by atoms with Gasteiger partial charge in [-0.05, 0) is 63.6 Å². The summed E-state index contributed by atoms with van der Waals surface area (Å²) in [5.41, 5.74) is 0. The lowest BCUT2D eigenvalue weighted by Gasteiger charge is -2.28. The van der Waals surface area contributed by atoms with Crippen LogP contribution in [0.4, 0.5) is 0 Å². The van der Waals surface area contributed by atoms with Crippen LogP contribution in [0.2, 0.25) is 0 Å². The summed E-state index contributed by atoms with van der Waals surface area (Å²) < 4.78 is 0. The summed E-state index contributed by atoms with van der Waals surface area (Å²) in [6.07, 6.45) is 7.04. The van der Waals surface area contributed by atoms with Crippen LogP contribution in [0.15, 0.2) is 0 Å². The molecule has 2 unspecified atom stereocenters. The second-order valence-corrected chi connectivity index (χ2v) is 5.11. The van der Waals surface area contributed by atoms with Crippen molar-refractivity contribution in [3.8, 4) is 0 Å². The van der Waals surface area contributed by atoms with Crippen LogP contribution in [-0.4, -0.2) is 25.7 Å². The topological polar surface area (TPSA) is 24.1 Å². The molecule has 14 heavy (non-hydrogen) atoms. The van der Waals surface area contributed by atoms with Crippen molar-refractivity contribution < 1.29 is 0 Å². The SMILES string of the molecule is CC(CC1CCNCC1)C1CCCN1. The van der Waals surface area contributed by atoms with Gasteiger partial charge in [0.25, 0.3) is 0 Å². The van der Waals surface area contributed by atoms with Crippen molar-refractivity contribution in [1.29, 1.82) is 0 Å². The van der Waals surface area contributed by atoms with Gasteiger partial charge >= 0.3 is 0 Å². The van der Waals surface area contributed by atoms with Crippen LogP contribution in [0, 0.1) is 11.8 Å². The van der Waals surface area contributed by atoms with Crippen molar-refractivity contribution in [2.75, 3.05) is 19.6 Å². The summed E-state index contributed by atoms with van der Waals surface area (Å²) in [4.78, 5) is 0. The van der Waals surface area contributed by atoms with Crippen molar-refractivity contribution >= 4 is 0 Å². The van der Waals surface area contributed by atoms with Gasteiger partial charge < -0.3 is 10.6 Å². The second kappa shape index (κ2) is 5.13. The second-order valence-electron chi connectivity index (χ2n) is 5.11. The van der Waals surface area contributed by atoms with Gasteiger partial charge in [-0.25, -0.2) is 0 Å². The molecule has 0 aliphatic carbocycles. The number of nitrogens with one attached hydrogen (secondary N) is 2. The van der Waals surface area contributed by atoms with E-state index in [9.17, 15) is 0 Å². The normalized spacial score (nSPS) is 31.9. The minimum atomic E-state index is 0.824. The Morgan fingerprint density at radius 2 is 1.93 bits per heavy atom. The Hall–Kier alpha value is -0.0800. The van der Waals surface area contributed by atoms with Crippen molar-refractivity contribution in [3.05, 3.63) is 0 Å². The first kappa shape index (κ1) is 10.4. The molecular formula is C12H24N2. The summed E-state index contributed by atoms with van der Waals surface area (Å²) in [6, 6.07) is 0.824. The minimum absolute atomic E-state index is 0.824. The molecule has 0 aromatic heterocycles. The number of hydrogen-bond acceptors (Lipinski definition) is 2. The highest BCUT2D eigenvalue weighted by atomic mass is 14.9. The zero-order valence-corrected chi connectivity index (χ0v) is 9.39. The Balaban J connectivity index is 1.72. The molecule has 0 saturated carbocycles. The van der Waals surface area contributed by atoms with Crippen molar-refractivity contribution in [1.82, 2.24) is 10.6 Å². The Bertz CT molecular complexity index is 158. The monoisotopic (exact) mass is 196 g/mol. The Labute approximate surface area is 87.8 Å². The predicted octanol–water partition coefficient (Wildman–Crippen LogP) is 1.76. The lowest BCUT2D eigenvalue weighted by atomic mass is 9.85. The van der Waals surface area contributed by atoms with Gasteiger partial charge in [0.05, 0.1) is 0 Å². The fourth-order valence-corrected chi connectivity index (χ4v) is 3.00. The van der Waals surface area contributed by atoms with E-state index in [4.69, 9.17) is 0 Å². The Morgan fingerprint density at radius 1 is 1.14 bits per heavy atom. The summed E-state index contributed by atoms with van der Waals surface area (Å²) in [5, 5.41) is 7.07. The maximum atomic E-state index is 3.63. The van der Waals surface area contributed by atoms with Crippen molar-refractivity contribution in [3.63, 3.8) is 0 Å². The summed E-state index contributed by atoms with van der Waals surface area (Å²) in [6.45, 7) is 6.18. The molecule has 2 fully saturated rings. The highest BCUT2D eigenvalue weighted by Crippen LogP contribution is 2.25. The molecule has 2 saturated heterocycles. The summed E-state index contributed by atoms with van der Waals surface area (Å²) in [7, 11) is 0. The fraction of sp³-hybridized carbons (Fsp3) is 1.00. The quantitative estimate of drug-likeness (QED) is 0.719. The van der Waals surface area contributed by atoms with Crippen LogP contribution < -0.4 is 10.6 Å². The van der Waals surface area contributed by atoms with E-state index >= 15 is 0 Å². The van der Waals surface area contributed by atoms with Gasteiger partial charge in [-0.2, -0.15) is 0 Å². The van der Waals surface area contributed by atoms with Gasteiger partial charge in [-0.3, -0.25) is 0 Å². The van der Waals surface area contributed by atoms with E-state index in [0.29, 0.717) is 0 Å². The van der Waals surface area contributed by atoms with Gasteiger partial charge in [-0.1, -0.05) is 6.92 Å². The zero-order chi connectivity index (χ0) is 9.80. The molecule has 82 valence electrons. The molecule has 0 bridgehead atoms. The molecule has 2 heterocycles. The molecule has 2 heteroatoms. The van der Waals surface area contributed by atoms with Gasteiger partial charge in [0.15, 0.2) is 0 Å². The van der Waals surface area contributed by atoms with Gasteiger partial charge in [-0.15, -0.1) is 0 Å². The van der Waals surface area contributed by atoms with E-state index < -0.39 is 0 Å². The van der Waals surface area contributed by atoms with Crippen LogP contribution in [0.3, 0.4) is 0 Å². The first-order valence-corrected chi connectivity index (χ1v) is 6.30. The minimum Gasteiger partial charge on any atom is -0.317 e. The predicted molar refractivity (Wildman–Crippen MR) is 60.4 cm³/mol. The molecule has 0 radical (unpaired) electrons. The van der Waals surface area contributed by atoms with Crippen molar-refractivity contribution in [2.24, 2.45) is 11.8 Å². The standard InChI is InChI=1S/C12H24N2/c1-10(12-3-2-6-14-12)9-11-4-7-13-8-5-11/h10-14H,2-9H2,1H3. The van der Waals surface area contributed by atoms with E-state index in [-0.39, 0.29) is 0 Å². The molecule has 0 spiro atoms. The molecule has 0 aromatic carbocycles. The third-order valence-corrected chi connectivity index (χ3v) is 3.95. The van der Waals surface area contributed by atoms with Gasteiger partial charge in [0.1, 0.15) is 0 Å². The number of rotatable bonds is 3. The first-order valence-electron chi connectivity index (χ1n) is 6.30. The summed E-state index contributed by atoms with van der Waals surface area (Å²) in [5.74, 6) is 1.88. The van der Waals surface area contributed by atoms with Gasteiger partial charge in [0, 0.05) is 6.04 Å². The van der Waals surface area contributed by atoms with Gasteiger partial charge in [0.2, 0.25) is 0 Å². The van der Waals surface area contributed by atoms with E-state index in [1.165, 1.54) is 51.7 Å².